The molecule has 0 aliphatic rings. The maximum atomic E-state index is 3.81. The third kappa shape index (κ3) is 4.28. The Morgan fingerprint density at radius 1 is 1.73 bits per heavy atom. The molecule has 1 aromatic rings. The van der Waals surface area contributed by atoms with Crippen molar-refractivity contribution in [2.24, 2.45) is 0 Å². The van der Waals surface area contributed by atoms with Crippen LogP contribution in [0.4, 0.5) is 5.69 Å². The second-order valence-corrected chi connectivity index (χ2v) is 2.08. The molecule has 0 radical (unpaired) electrons. The molecule has 0 aliphatic carbocycles. The summed E-state index contributed by atoms with van der Waals surface area (Å²) in [6.07, 6.45) is 4.39. The Hall–Kier alpha value is -0.206. The second-order valence-electron chi connectivity index (χ2n) is 2.08. The molecule has 1 aromatic heterocycles. The summed E-state index contributed by atoms with van der Waals surface area (Å²) < 4.78 is 0. The van der Waals surface area contributed by atoms with Gasteiger partial charge in [-0.25, -0.2) is 0 Å². The molecule has 1 heterocycles. The first kappa shape index (κ1) is 10.8. The average molecular weight is 222 g/mol. The van der Waals surface area contributed by atoms with Gasteiger partial charge in [-0.05, 0) is 6.92 Å². The fourth-order valence-corrected chi connectivity index (χ4v) is 0.640. The Balaban J connectivity index is 0.000001000. The minimum atomic E-state index is 0. The Morgan fingerprint density at radius 2 is 2.45 bits per heavy atom. The summed E-state index contributed by atoms with van der Waals surface area (Å²) in [5.74, 6) is 0. The standard InChI is InChI=1S/C8H9N2.Y/c1-7(2)10-8-4-3-5-9-6-8;/h3-4,6,10H,1H2,2H3;/q-1;+3. The first-order valence-electron chi connectivity index (χ1n) is 3.03. The van der Waals surface area contributed by atoms with Gasteiger partial charge in [0.05, 0.1) is 0 Å². The summed E-state index contributed by atoms with van der Waals surface area (Å²) in [5.41, 5.74) is 1.86. The van der Waals surface area contributed by atoms with Gasteiger partial charge in [0.2, 0.25) is 0 Å². The summed E-state index contributed by atoms with van der Waals surface area (Å²) in [6, 6.07) is 3.65. The number of rotatable bonds is 2. The van der Waals surface area contributed by atoms with Crippen LogP contribution >= 0.6 is 0 Å². The molecular weight excluding hydrogens is 213 g/mol. The first-order chi connectivity index (χ1) is 4.79. The molecule has 52 valence electrons. The first-order valence-corrected chi connectivity index (χ1v) is 3.03. The number of pyridine rings is 1. The third-order valence-corrected chi connectivity index (χ3v) is 0.973. The molecule has 0 atom stereocenters. The maximum Gasteiger partial charge on any atom is 3.00 e. The van der Waals surface area contributed by atoms with Crippen molar-refractivity contribution in [1.29, 1.82) is 0 Å². The van der Waals surface area contributed by atoms with Gasteiger partial charge in [0.1, 0.15) is 0 Å². The molecule has 1 N–H and O–H groups in total. The van der Waals surface area contributed by atoms with Crippen molar-refractivity contribution in [2.45, 2.75) is 6.92 Å². The van der Waals surface area contributed by atoms with E-state index in [0.29, 0.717) is 0 Å². The van der Waals surface area contributed by atoms with Crippen LogP contribution in [0.1, 0.15) is 6.92 Å². The van der Waals surface area contributed by atoms with Crippen molar-refractivity contribution in [2.75, 3.05) is 5.32 Å². The number of hydrogen-bond acceptors (Lipinski definition) is 2. The smallest absolute Gasteiger partial charge is 0.392 e. The predicted octanol–water partition coefficient (Wildman–Crippen LogP) is 1.82. The molecule has 0 saturated heterocycles. The fraction of sp³-hybridized carbons (Fsp3) is 0.125. The van der Waals surface area contributed by atoms with Crippen molar-refractivity contribution in [1.82, 2.24) is 4.98 Å². The summed E-state index contributed by atoms with van der Waals surface area (Å²) in [5, 5.41) is 3.03. The molecule has 0 saturated carbocycles. The zero-order chi connectivity index (χ0) is 7.40. The molecule has 0 unspecified atom stereocenters. The largest absolute Gasteiger partial charge is 3.00 e. The second kappa shape index (κ2) is 5.45. The monoisotopic (exact) mass is 222 g/mol. The van der Waals surface area contributed by atoms with Crippen LogP contribution in [0.5, 0.6) is 0 Å². The molecule has 3 heteroatoms. The Morgan fingerprint density at radius 3 is 2.91 bits per heavy atom. The molecule has 1 rings (SSSR count). The van der Waals surface area contributed by atoms with E-state index < -0.39 is 0 Å². The van der Waals surface area contributed by atoms with E-state index in [4.69, 9.17) is 0 Å². The summed E-state index contributed by atoms with van der Waals surface area (Å²) >= 11 is 0. The SMILES string of the molecule is C=C(C)Nc1cc[c-]nc1.[Y+3]. The van der Waals surface area contributed by atoms with E-state index in [-0.39, 0.29) is 32.7 Å². The van der Waals surface area contributed by atoms with E-state index >= 15 is 0 Å². The van der Waals surface area contributed by atoms with E-state index in [2.05, 4.69) is 23.1 Å². The van der Waals surface area contributed by atoms with Crippen LogP contribution in [-0.4, -0.2) is 4.98 Å². The maximum absolute atomic E-state index is 3.81. The fourth-order valence-electron chi connectivity index (χ4n) is 0.640. The van der Waals surface area contributed by atoms with Crippen LogP contribution < -0.4 is 5.32 Å². The zero-order valence-corrected chi connectivity index (χ0v) is 9.30. The molecule has 0 aromatic carbocycles. The van der Waals surface area contributed by atoms with Crippen molar-refractivity contribution in [3.63, 3.8) is 0 Å². The van der Waals surface area contributed by atoms with Gasteiger partial charge in [-0.2, -0.15) is 6.07 Å². The van der Waals surface area contributed by atoms with Crippen molar-refractivity contribution in [3.8, 4) is 0 Å². The van der Waals surface area contributed by atoms with Crippen LogP contribution in [0.15, 0.2) is 30.6 Å². The van der Waals surface area contributed by atoms with Crippen LogP contribution in [0, 0.1) is 6.20 Å². The van der Waals surface area contributed by atoms with Crippen LogP contribution in [0.2, 0.25) is 0 Å². The van der Waals surface area contributed by atoms with Gasteiger partial charge in [-0.3, -0.25) is 0 Å². The van der Waals surface area contributed by atoms with Crippen molar-refractivity contribution < 1.29 is 32.7 Å². The van der Waals surface area contributed by atoms with Crippen LogP contribution in [0.25, 0.3) is 0 Å². The number of hydrogen-bond donors (Lipinski definition) is 1. The zero-order valence-electron chi connectivity index (χ0n) is 6.46. The van der Waals surface area contributed by atoms with E-state index in [9.17, 15) is 0 Å². The summed E-state index contributed by atoms with van der Waals surface area (Å²) in [6.45, 7) is 5.60. The van der Waals surface area contributed by atoms with Gasteiger partial charge in [-0.1, -0.05) is 24.7 Å². The van der Waals surface area contributed by atoms with E-state index in [1.165, 1.54) is 0 Å². The predicted molar refractivity (Wildman–Crippen MR) is 41.5 cm³/mol. The van der Waals surface area contributed by atoms with Crippen molar-refractivity contribution >= 4 is 5.69 Å². The Labute approximate surface area is 92.0 Å². The average Bonchev–Trinajstić information content (AvgIpc) is 1.88. The van der Waals surface area contributed by atoms with Gasteiger partial charge in [0.15, 0.2) is 0 Å². The molecule has 0 bridgehead atoms. The quantitative estimate of drug-likeness (QED) is 0.772. The molecule has 2 nitrogen and oxygen atoms in total. The number of nitrogens with one attached hydrogen (secondary N) is 1. The number of nitrogens with zero attached hydrogens (tertiary/aromatic N) is 1. The Kier molecular flexibility index (Phi) is 5.34. The van der Waals surface area contributed by atoms with E-state index in [1.54, 1.807) is 12.3 Å². The van der Waals surface area contributed by atoms with Gasteiger partial charge in [0, 0.05) is 5.70 Å². The molecular formula is C8H9N2Y+2. The Bertz CT molecular complexity index is 221. The molecule has 0 spiro atoms. The minimum Gasteiger partial charge on any atom is -0.392 e. The van der Waals surface area contributed by atoms with Crippen LogP contribution in [0.3, 0.4) is 0 Å². The minimum absolute atomic E-state index is 0. The normalized spacial score (nSPS) is 8.09. The number of allylic oxidation sites excluding steroid dienone is 1. The van der Waals surface area contributed by atoms with Gasteiger partial charge in [0.25, 0.3) is 0 Å². The molecule has 0 aliphatic heterocycles. The van der Waals surface area contributed by atoms with E-state index in [0.717, 1.165) is 11.4 Å². The number of anilines is 1. The van der Waals surface area contributed by atoms with Gasteiger partial charge in [-0.15, -0.1) is 6.07 Å². The molecule has 0 amide bonds. The third-order valence-electron chi connectivity index (χ3n) is 0.973. The van der Waals surface area contributed by atoms with Gasteiger partial charge >= 0.3 is 32.7 Å². The van der Waals surface area contributed by atoms with Crippen LogP contribution in [-0.2, 0) is 32.7 Å². The van der Waals surface area contributed by atoms with Gasteiger partial charge < -0.3 is 10.3 Å². The summed E-state index contributed by atoms with van der Waals surface area (Å²) in [7, 11) is 0. The van der Waals surface area contributed by atoms with E-state index in [1.807, 2.05) is 13.0 Å². The molecule has 11 heavy (non-hydrogen) atoms. The molecule has 0 fully saturated rings. The number of aromatic nitrogens is 1. The summed E-state index contributed by atoms with van der Waals surface area (Å²) in [4.78, 5) is 3.81. The van der Waals surface area contributed by atoms with Crippen molar-refractivity contribution in [3.05, 3.63) is 36.8 Å². The topological polar surface area (TPSA) is 24.9 Å².